The van der Waals surface area contributed by atoms with Gasteiger partial charge in [0.15, 0.2) is 0 Å². The van der Waals surface area contributed by atoms with Gasteiger partial charge in [-0.3, -0.25) is 0 Å². The molecule has 2 aliphatic rings. The van der Waals surface area contributed by atoms with Crippen LogP contribution in [0.25, 0.3) is 78.1 Å². The van der Waals surface area contributed by atoms with Gasteiger partial charge in [0.1, 0.15) is 23.5 Å². The van der Waals surface area contributed by atoms with Crippen molar-refractivity contribution in [3.8, 4) is 79.4 Å². The van der Waals surface area contributed by atoms with Gasteiger partial charge in [-0.1, -0.05) is 97.1 Å². The van der Waals surface area contributed by atoms with Crippen molar-refractivity contribution < 1.29 is 0 Å². The van der Waals surface area contributed by atoms with E-state index in [-0.39, 0.29) is 0 Å². The maximum Gasteiger partial charge on any atom is 0.141 e. The minimum atomic E-state index is -0.624. The number of nitriles is 2. The Morgan fingerprint density at radius 1 is 0.386 bits per heavy atom. The smallest absolute Gasteiger partial charge is 0.141 e. The number of benzene rings is 5. The molecule has 11 rings (SSSR count). The molecule has 2 aliphatic carbocycles. The molecule has 0 saturated heterocycles. The van der Waals surface area contributed by atoms with E-state index in [1.807, 2.05) is 36.4 Å². The zero-order valence-electron chi connectivity index (χ0n) is 30.3. The largest absolute Gasteiger partial charge is 0.248 e. The molecular weight excluding hydrogens is 697 g/mol. The van der Waals surface area contributed by atoms with Gasteiger partial charge < -0.3 is 0 Å². The molecule has 0 atom stereocenters. The van der Waals surface area contributed by atoms with E-state index < -0.39 is 5.41 Å². The summed E-state index contributed by atoms with van der Waals surface area (Å²) in [6.45, 7) is 0. The minimum absolute atomic E-state index is 0.354. The summed E-state index contributed by atoms with van der Waals surface area (Å²) in [5, 5.41) is 21.4. The highest BCUT2D eigenvalue weighted by Crippen LogP contribution is 2.64. The van der Waals surface area contributed by atoms with Crippen molar-refractivity contribution in [3.63, 3.8) is 0 Å². The monoisotopic (exact) mass is 724 g/mol. The summed E-state index contributed by atoms with van der Waals surface area (Å²) in [5.74, 6) is 0. The van der Waals surface area contributed by atoms with Gasteiger partial charge in [-0.2, -0.15) is 10.5 Å². The highest BCUT2D eigenvalue weighted by Gasteiger charge is 2.52. The molecule has 0 bridgehead atoms. The topological polar surface area (TPSA) is 99.1 Å². The van der Waals surface area contributed by atoms with Crippen molar-refractivity contribution in [2.45, 2.75) is 5.41 Å². The van der Waals surface area contributed by atoms with Gasteiger partial charge in [-0.15, -0.1) is 0 Å². The van der Waals surface area contributed by atoms with Gasteiger partial charge in [-0.05, 0) is 116 Å². The Morgan fingerprint density at radius 2 is 0.912 bits per heavy atom. The van der Waals surface area contributed by atoms with Gasteiger partial charge in [-0.25, -0.2) is 19.9 Å². The molecule has 0 unspecified atom stereocenters. The molecule has 9 aromatic rings. The number of nitrogens with zero attached hydrogens (tertiary/aromatic N) is 6. The molecule has 0 saturated carbocycles. The van der Waals surface area contributed by atoms with E-state index >= 15 is 0 Å². The molecule has 6 heteroatoms. The van der Waals surface area contributed by atoms with E-state index in [1.54, 1.807) is 24.5 Å². The van der Waals surface area contributed by atoms with Crippen molar-refractivity contribution in [1.29, 1.82) is 10.5 Å². The van der Waals surface area contributed by atoms with Crippen molar-refractivity contribution >= 4 is 10.8 Å². The van der Waals surface area contributed by atoms with Gasteiger partial charge in [0, 0.05) is 34.6 Å². The normalized spacial score (nSPS) is 12.7. The zero-order valence-corrected chi connectivity index (χ0v) is 30.3. The van der Waals surface area contributed by atoms with Crippen molar-refractivity contribution in [3.05, 3.63) is 204 Å². The molecule has 0 radical (unpaired) electrons. The lowest BCUT2D eigenvalue weighted by Gasteiger charge is -2.31. The molecular formula is C51H28N6. The van der Waals surface area contributed by atoms with Crippen molar-refractivity contribution in [2.75, 3.05) is 0 Å². The average Bonchev–Trinajstić information content (AvgIpc) is 3.76. The summed E-state index contributed by atoms with van der Waals surface area (Å²) in [6, 6.07) is 59.3. The maximum absolute atomic E-state index is 9.58. The molecule has 0 fully saturated rings. The third kappa shape index (κ3) is 4.75. The van der Waals surface area contributed by atoms with Gasteiger partial charge in [0.05, 0.1) is 28.2 Å². The standard InChI is InChI=1S/C51H28N6/c52-29-34-25-32(21-23-54-34)47-16-7-15-46(56-47)31-19-20-40-44(27-31)51(42-13-5-3-10-37(42)38-11-4-6-14-43(38)51)45-28-41(36-9-1-2-12-39(36)50(40)45)49-18-8-17-48(57-49)33-22-24-55-35(26-33)30-53/h1-28H. The fraction of sp³-hybridized carbons (Fsp3) is 0.0196. The summed E-state index contributed by atoms with van der Waals surface area (Å²) < 4.78 is 0. The minimum Gasteiger partial charge on any atom is -0.248 e. The lowest BCUT2D eigenvalue weighted by molar-refractivity contribution is 0.795. The SMILES string of the molecule is N#Cc1cc(-c2cccc(-c3ccc4c(c3)C3(c5ccccc5-c5ccccc53)c3cc(-c5cccc(-c6ccnc(C#N)c6)n5)c5ccccc5c3-4)n2)ccn1. The Morgan fingerprint density at radius 3 is 1.53 bits per heavy atom. The highest BCUT2D eigenvalue weighted by molar-refractivity contribution is 6.11. The fourth-order valence-corrected chi connectivity index (χ4v) is 9.17. The molecule has 0 amide bonds. The fourth-order valence-electron chi connectivity index (χ4n) is 9.17. The van der Waals surface area contributed by atoms with Crippen LogP contribution in [0.15, 0.2) is 170 Å². The molecule has 0 aliphatic heterocycles. The van der Waals surface area contributed by atoms with Crippen LogP contribution in [0.2, 0.25) is 0 Å². The Bertz CT molecular complexity index is 3190. The molecule has 4 heterocycles. The molecule has 0 N–H and O–H groups in total. The number of fused-ring (bicyclic) bond motifs is 12. The lowest BCUT2D eigenvalue weighted by Crippen LogP contribution is -2.26. The van der Waals surface area contributed by atoms with Crippen LogP contribution in [0.5, 0.6) is 0 Å². The first-order valence-electron chi connectivity index (χ1n) is 18.7. The van der Waals surface area contributed by atoms with Crippen molar-refractivity contribution in [2.24, 2.45) is 0 Å². The predicted molar refractivity (Wildman–Crippen MR) is 223 cm³/mol. The van der Waals surface area contributed by atoms with Crippen LogP contribution in [0.4, 0.5) is 0 Å². The molecule has 262 valence electrons. The molecule has 57 heavy (non-hydrogen) atoms. The van der Waals surface area contributed by atoms with Crippen molar-refractivity contribution in [1.82, 2.24) is 19.9 Å². The third-order valence-corrected chi connectivity index (χ3v) is 11.5. The Balaban J connectivity index is 1.19. The van der Waals surface area contributed by atoms with E-state index in [0.717, 1.165) is 55.8 Å². The van der Waals surface area contributed by atoms with Crippen LogP contribution < -0.4 is 0 Å². The lowest BCUT2D eigenvalue weighted by atomic mass is 9.69. The van der Waals surface area contributed by atoms with Crippen LogP contribution in [-0.4, -0.2) is 19.9 Å². The van der Waals surface area contributed by atoms with E-state index in [0.29, 0.717) is 11.4 Å². The Labute approximate surface area is 328 Å². The van der Waals surface area contributed by atoms with E-state index in [9.17, 15) is 10.5 Å². The first kappa shape index (κ1) is 32.4. The van der Waals surface area contributed by atoms with Gasteiger partial charge >= 0.3 is 0 Å². The predicted octanol–water partition coefficient (Wildman–Crippen LogP) is 11.2. The van der Waals surface area contributed by atoms with Crippen LogP contribution >= 0.6 is 0 Å². The van der Waals surface area contributed by atoms with E-state index in [4.69, 9.17) is 9.97 Å². The van der Waals surface area contributed by atoms with Crippen LogP contribution in [0, 0.1) is 22.7 Å². The third-order valence-electron chi connectivity index (χ3n) is 11.5. The quantitative estimate of drug-likeness (QED) is 0.179. The molecule has 4 aromatic heterocycles. The zero-order chi connectivity index (χ0) is 38.1. The molecule has 1 spiro atoms. The summed E-state index contributed by atoms with van der Waals surface area (Å²) in [6.07, 6.45) is 3.31. The number of hydrogen-bond acceptors (Lipinski definition) is 6. The second kappa shape index (κ2) is 12.5. The Kier molecular flexibility index (Phi) is 7.10. The second-order valence-electron chi connectivity index (χ2n) is 14.4. The van der Waals surface area contributed by atoms with Crippen LogP contribution in [0.1, 0.15) is 33.6 Å². The molecule has 6 nitrogen and oxygen atoms in total. The summed E-state index contributed by atoms with van der Waals surface area (Å²) >= 11 is 0. The van der Waals surface area contributed by atoms with E-state index in [1.165, 1.54) is 44.5 Å². The average molecular weight is 725 g/mol. The first-order valence-corrected chi connectivity index (χ1v) is 18.7. The number of aromatic nitrogens is 4. The van der Waals surface area contributed by atoms with Gasteiger partial charge in [0.25, 0.3) is 0 Å². The first-order chi connectivity index (χ1) is 28.1. The van der Waals surface area contributed by atoms with Gasteiger partial charge in [0.2, 0.25) is 0 Å². The highest BCUT2D eigenvalue weighted by atomic mass is 14.7. The van der Waals surface area contributed by atoms with E-state index in [2.05, 4.69) is 131 Å². The summed E-state index contributed by atoms with van der Waals surface area (Å²) in [7, 11) is 0. The number of rotatable bonds is 4. The maximum atomic E-state index is 9.58. The number of pyridine rings is 4. The molecule has 5 aromatic carbocycles. The summed E-state index contributed by atoms with van der Waals surface area (Å²) in [4.78, 5) is 18.7. The Hall–Kier alpha value is -8.06. The number of hydrogen-bond donors (Lipinski definition) is 0. The summed E-state index contributed by atoms with van der Waals surface area (Å²) in [5.41, 5.74) is 16.8. The second-order valence-corrected chi connectivity index (χ2v) is 14.4. The van der Waals surface area contributed by atoms with Crippen LogP contribution in [-0.2, 0) is 5.41 Å². The van der Waals surface area contributed by atoms with Crippen LogP contribution in [0.3, 0.4) is 0 Å².